The average Bonchev–Trinajstić information content (AvgIpc) is 1.83. The van der Waals surface area contributed by atoms with Gasteiger partial charge in [-0.15, -0.1) is 0 Å². The van der Waals surface area contributed by atoms with E-state index in [1.54, 1.807) is 6.92 Å². The van der Waals surface area contributed by atoms with Gasteiger partial charge >= 0.3 is 0 Å². The van der Waals surface area contributed by atoms with E-state index in [0.717, 1.165) is 5.70 Å². The van der Waals surface area contributed by atoms with E-state index < -0.39 is 0 Å². The number of nitrogens with two attached hydrogens (primary N) is 1. The van der Waals surface area contributed by atoms with Crippen LogP contribution < -0.4 is 5.73 Å². The number of aliphatic imine (C=N–C) groups is 2. The summed E-state index contributed by atoms with van der Waals surface area (Å²) in [4.78, 5) is 7.13. The Morgan fingerprint density at radius 2 is 2.38 bits per heavy atom. The van der Waals surface area contributed by atoms with E-state index in [1.165, 1.54) is 12.5 Å². The number of rotatable bonds is 2. The van der Waals surface area contributed by atoms with E-state index in [2.05, 4.69) is 16.7 Å². The minimum absolute atomic E-state index is 0.734. The van der Waals surface area contributed by atoms with Gasteiger partial charge in [-0.2, -0.15) is 0 Å². The molecule has 0 bridgehead atoms. The van der Waals surface area contributed by atoms with Crippen LogP contribution in [0.4, 0.5) is 0 Å². The Hall–Kier alpha value is -1.12. The molecule has 0 atom stereocenters. The van der Waals surface area contributed by atoms with Crippen molar-refractivity contribution in [2.45, 2.75) is 6.92 Å². The van der Waals surface area contributed by atoms with Crippen LogP contribution in [0.2, 0.25) is 0 Å². The molecule has 2 N–H and O–H groups in total. The van der Waals surface area contributed by atoms with Gasteiger partial charge < -0.3 is 5.73 Å². The number of hydrogen-bond donors (Lipinski definition) is 1. The molecule has 3 nitrogen and oxygen atoms in total. The molecular formula is C5H9N3. The molecule has 0 radical (unpaired) electrons. The average molecular weight is 111 g/mol. The van der Waals surface area contributed by atoms with E-state index in [0.29, 0.717) is 0 Å². The molecule has 0 fully saturated rings. The predicted octanol–water partition coefficient (Wildman–Crippen LogP) is 0.535. The fraction of sp³-hybridized carbons (Fsp3) is 0.200. The summed E-state index contributed by atoms with van der Waals surface area (Å²) in [6.07, 6.45) is 2.75. The SMILES string of the molecule is C=N/C=N\C(C)=C/N. The molecule has 0 saturated heterocycles. The second kappa shape index (κ2) is 4.05. The van der Waals surface area contributed by atoms with Crippen LogP contribution in [0.3, 0.4) is 0 Å². The van der Waals surface area contributed by atoms with Crippen molar-refractivity contribution >= 4 is 13.1 Å². The highest BCUT2D eigenvalue weighted by Crippen LogP contribution is 1.86. The molecule has 0 spiro atoms. The molecule has 3 heteroatoms. The van der Waals surface area contributed by atoms with Crippen molar-refractivity contribution in [1.82, 2.24) is 0 Å². The Labute approximate surface area is 48.6 Å². The first-order valence-electron chi connectivity index (χ1n) is 2.18. The van der Waals surface area contributed by atoms with Crippen molar-refractivity contribution in [1.29, 1.82) is 0 Å². The first-order valence-corrected chi connectivity index (χ1v) is 2.18. The molecule has 0 amide bonds. The lowest BCUT2D eigenvalue weighted by atomic mass is 10.6. The largest absolute Gasteiger partial charge is 0.403 e. The summed E-state index contributed by atoms with van der Waals surface area (Å²) in [6, 6.07) is 0. The molecule has 0 aromatic carbocycles. The molecule has 0 rings (SSSR count). The van der Waals surface area contributed by atoms with Crippen LogP contribution in [0.5, 0.6) is 0 Å². The summed E-state index contributed by atoms with van der Waals surface area (Å²) in [7, 11) is 0. The van der Waals surface area contributed by atoms with Gasteiger partial charge in [0.25, 0.3) is 0 Å². The highest BCUT2D eigenvalue weighted by molar-refractivity contribution is 5.63. The van der Waals surface area contributed by atoms with Gasteiger partial charge in [0.2, 0.25) is 0 Å². The highest BCUT2D eigenvalue weighted by Gasteiger charge is 1.72. The van der Waals surface area contributed by atoms with Crippen LogP contribution in [-0.4, -0.2) is 13.1 Å². The van der Waals surface area contributed by atoms with Gasteiger partial charge in [0.15, 0.2) is 0 Å². The molecule has 8 heavy (non-hydrogen) atoms. The monoisotopic (exact) mass is 111 g/mol. The summed E-state index contributed by atoms with van der Waals surface area (Å²) < 4.78 is 0. The molecular weight excluding hydrogens is 102 g/mol. The van der Waals surface area contributed by atoms with Gasteiger partial charge in [0.05, 0.1) is 5.70 Å². The Bertz CT molecular complexity index is 124. The lowest BCUT2D eigenvalue weighted by molar-refractivity contribution is 1.27. The Balaban J connectivity index is 3.69. The van der Waals surface area contributed by atoms with Crippen molar-refractivity contribution in [2.75, 3.05) is 0 Å². The van der Waals surface area contributed by atoms with Crippen molar-refractivity contribution in [3.05, 3.63) is 11.9 Å². The maximum Gasteiger partial charge on any atom is 0.114 e. The van der Waals surface area contributed by atoms with Crippen LogP contribution >= 0.6 is 0 Å². The highest BCUT2D eigenvalue weighted by atomic mass is 14.8. The number of hydrogen-bond acceptors (Lipinski definition) is 2. The first kappa shape index (κ1) is 6.88. The van der Waals surface area contributed by atoms with Gasteiger partial charge in [0.1, 0.15) is 6.34 Å². The van der Waals surface area contributed by atoms with E-state index in [-0.39, 0.29) is 0 Å². The second-order valence-electron chi connectivity index (χ2n) is 1.24. The second-order valence-corrected chi connectivity index (χ2v) is 1.24. The number of nitrogens with zero attached hydrogens (tertiary/aromatic N) is 2. The Morgan fingerprint density at radius 1 is 1.75 bits per heavy atom. The van der Waals surface area contributed by atoms with Gasteiger partial charge in [-0.1, -0.05) is 0 Å². The van der Waals surface area contributed by atoms with Crippen LogP contribution in [0, 0.1) is 0 Å². The number of allylic oxidation sites excluding steroid dienone is 1. The Morgan fingerprint density at radius 3 is 2.75 bits per heavy atom. The summed E-state index contributed by atoms with van der Waals surface area (Å²) >= 11 is 0. The lowest BCUT2D eigenvalue weighted by Gasteiger charge is -1.82. The summed E-state index contributed by atoms with van der Waals surface area (Å²) in [5, 5.41) is 0. The molecule has 0 aromatic rings. The minimum atomic E-state index is 0.734. The maximum absolute atomic E-state index is 5.07. The first-order chi connectivity index (χ1) is 3.81. The molecule has 0 unspecified atom stereocenters. The predicted molar refractivity (Wildman–Crippen MR) is 36.0 cm³/mol. The lowest BCUT2D eigenvalue weighted by Crippen LogP contribution is -1.80. The molecule has 44 valence electrons. The molecule has 0 saturated carbocycles. The molecule has 0 aliphatic heterocycles. The van der Waals surface area contributed by atoms with Crippen LogP contribution in [0.1, 0.15) is 6.92 Å². The summed E-state index contributed by atoms with van der Waals surface area (Å²) in [5.74, 6) is 0. The minimum Gasteiger partial charge on any atom is -0.403 e. The molecule has 0 aromatic heterocycles. The van der Waals surface area contributed by atoms with Crippen LogP contribution in [0.15, 0.2) is 21.9 Å². The third kappa shape index (κ3) is 3.08. The van der Waals surface area contributed by atoms with E-state index in [1.807, 2.05) is 0 Å². The normalized spacial score (nSPS) is 12.4. The zero-order chi connectivity index (χ0) is 6.41. The van der Waals surface area contributed by atoms with Crippen molar-refractivity contribution in [3.63, 3.8) is 0 Å². The Kier molecular flexibility index (Phi) is 3.48. The molecule has 0 aliphatic rings. The van der Waals surface area contributed by atoms with Crippen LogP contribution in [0.25, 0.3) is 0 Å². The van der Waals surface area contributed by atoms with Crippen molar-refractivity contribution in [2.24, 2.45) is 15.7 Å². The van der Waals surface area contributed by atoms with Gasteiger partial charge in [-0.25, -0.2) is 4.99 Å². The fourth-order valence-electron chi connectivity index (χ4n) is 0.175. The van der Waals surface area contributed by atoms with Gasteiger partial charge in [-0.3, -0.25) is 4.99 Å². The topological polar surface area (TPSA) is 50.7 Å². The van der Waals surface area contributed by atoms with E-state index in [4.69, 9.17) is 5.73 Å². The fourth-order valence-corrected chi connectivity index (χ4v) is 0.175. The van der Waals surface area contributed by atoms with Crippen molar-refractivity contribution in [3.8, 4) is 0 Å². The zero-order valence-corrected chi connectivity index (χ0v) is 4.83. The standard InChI is InChI=1S/C5H9N3/c1-5(3-6)8-4-7-2/h3-4H,2,6H2,1H3/b5-3-,8-4-. The third-order valence-electron chi connectivity index (χ3n) is 0.584. The van der Waals surface area contributed by atoms with Crippen molar-refractivity contribution < 1.29 is 0 Å². The van der Waals surface area contributed by atoms with Gasteiger partial charge in [0, 0.05) is 6.20 Å². The van der Waals surface area contributed by atoms with E-state index >= 15 is 0 Å². The summed E-state index contributed by atoms with van der Waals surface area (Å²) in [6.45, 7) is 4.98. The smallest absolute Gasteiger partial charge is 0.114 e. The zero-order valence-electron chi connectivity index (χ0n) is 4.83. The quantitative estimate of drug-likeness (QED) is 0.410. The molecule has 0 heterocycles. The van der Waals surface area contributed by atoms with E-state index in [9.17, 15) is 0 Å². The summed E-state index contributed by atoms with van der Waals surface area (Å²) in [5.41, 5.74) is 5.81. The third-order valence-corrected chi connectivity index (χ3v) is 0.584. The van der Waals surface area contributed by atoms with Crippen LogP contribution in [-0.2, 0) is 0 Å². The van der Waals surface area contributed by atoms with Gasteiger partial charge in [-0.05, 0) is 13.6 Å². The molecule has 0 aliphatic carbocycles. The maximum atomic E-state index is 5.07.